The third-order valence-corrected chi connectivity index (χ3v) is 9.21. The smallest absolute Gasteiger partial charge is 0.407 e. The van der Waals surface area contributed by atoms with Crippen LogP contribution in [0.3, 0.4) is 0 Å². The van der Waals surface area contributed by atoms with E-state index in [2.05, 4.69) is 39.2 Å². The molecule has 140 valence electrons. The van der Waals surface area contributed by atoms with Crippen molar-refractivity contribution in [2.45, 2.75) is 64.6 Å². The van der Waals surface area contributed by atoms with Gasteiger partial charge in [0, 0.05) is 0 Å². The van der Waals surface area contributed by atoms with Crippen molar-refractivity contribution in [3.63, 3.8) is 0 Å². The minimum Gasteiger partial charge on any atom is -0.445 e. The van der Waals surface area contributed by atoms with E-state index < -0.39 is 20.5 Å². The molecule has 0 aliphatic carbocycles. The number of carbonyl (C=O) groups excluding carboxylic acids is 1. The zero-order valence-corrected chi connectivity index (χ0v) is 17.8. The maximum Gasteiger partial charge on any atom is 0.407 e. The monoisotopic (exact) mass is 382 g/mol. The van der Waals surface area contributed by atoms with Crippen LogP contribution in [0.25, 0.3) is 0 Å². The van der Waals surface area contributed by atoms with Gasteiger partial charge in [-0.25, -0.2) is 4.79 Å². The standard InChI is InChI=1S/C18H30N2O3SSi/c1-13(15(16(19)24)23-25(5,6)18(2,3)4)20-17(21)22-12-14-10-8-7-9-11-14/h7-11,13,15H,12H2,1-6H3,(H2,19,24)(H,20,21). The zero-order chi connectivity index (χ0) is 19.3. The van der Waals surface area contributed by atoms with E-state index in [4.69, 9.17) is 27.1 Å². The maximum absolute atomic E-state index is 12.1. The number of hydrogen-bond acceptors (Lipinski definition) is 4. The Balaban J connectivity index is 2.65. The van der Waals surface area contributed by atoms with Crippen LogP contribution in [0.15, 0.2) is 30.3 Å². The lowest BCUT2D eigenvalue weighted by molar-refractivity contribution is 0.126. The summed E-state index contributed by atoms with van der Waals surface area (Å²) < 4.78 is 11.5. The van der Waals surface area contributed by atoms with Gasteiger partial charge in [-0.05, 0) is 30.6 Å². The number of alkyl carbamates (subject to hydrolysis) is 1. The summed E-state index contributed by atoms with van der Waals surface area (Å²) in [6.45, 7) is 12.7. The molecule has 0 radical (unpaired) electrons. The van der Waals surface area contributed by atoms with Gasteiger partial charge in [-0.15, -0.1) is 0 Å². The SMILES string of the molecule is CC(NC(=O)OCc1ccccc1)C(O[Si](C)(C)C(C)(C)C)C(N)=S. The van der Waals surface area contributed by atoms with Gasteiger partial charge in [0.05, 0.1) is 6.04 Å². The Kier molecular flexibility index (Phi) is 7.58. The normalized spacial score (nSPS) is 14.5. The number of ether oxygens (including phenoxy) is 1. The van der Waals surface area contributed by atoms with E-state index in [0.717, 1.165) is 5.56 Å². The number of nitrogens with two attached hydrogens (primary N) is 1. The van der Waals surface area contributed by atoms with Gasteiger partial charge in [-0.3, -0.25) is 0 Å². The Morgan fingerprint density at radius 1 is 1.28 bits per heavy atom. The summed E-state index contributed by atoms with van der Waals surface area (Å²) in [5, 5.41) is 2.79. The van der Waals surface area contributed by atoms with Crippen molar-refractivity contribution in [3.05, 3.63) is 35.9 Å². The molecule has 1 amide bonds. The van der Waals surface area contributed by atoms with Gasteiger partial charge in [0.25, 0.3) is 0 Å². The molecule has 3 N–H and O–H groups in total. The topological polar surface area (TPSA) is 73.6 Å². The Hall–Kier alpha value is -1.44. The molecule has 1 rings (SSSR count). The van der Waals surface area contributed by atoms with Crippen molar-refractivity contribution < 1.29 is 14.0 Å². The molecule has 0 aliphatic rings. The molecule has 7 heteroatoms. The lowest BCUT2D eigenvalue weighted by Gasteiger charge is -2.40. The largest absolute Gasteiger partial charge is 0.445 e. The molecule has 0 saturated carbocycles. The molecular weight excluding hydrogens is 352 g/mol. The number of rotatable bonds is 7. The molecule has 0 spiro atoms. The van der Waals surface area contributed by atoms with Crippen LogP contribution in [0.1, 0.15) is 33.3 Å². The van der Waals surface area contributed by atoms with E-state index in [0.29, 0.717) is 0 Å². The minimum atomic E-state index is -2.08. The fourth-order valence-electron chi connectivity index (χ4n) is 1.93. The van der Waals surface area contributed by atoms with Crippen LogP contribution < -0.4 is 11.1 Å². The van der Waals surface area contributed by atoms with Crippen LogP contribution in [0.4, 0.5) is 4.79 Å². The van der Waals surface area contributed by atoms with Crippen LogP contribution in [0.5, 0.6) is 0 Å². The number of carbonyl (C=O) groups is 1. The molecule has 0 fully saturated rings. The number of amides is 1. The Morgan fingerprint density at radius 2 is 1.84 bits per heavy atom. The Bertz CT molecular complexity index is 588. The van der Waals surface area contributed by atoms with Gasteiger partial charge in [-0.1, -0.05) is 63.3 Å². The fourth-order valence-corrected chi connectivity index (χ4v) is 3.58. The lowest BCUT2D eigenvalue weighted by atomic mass is 10.2. The van der Waals surface area contributed by atoms with Crippen LogP contribution >= 0.6 is 12.2 Å². The van der Waals surface area contributed by atoms with Crippen LogP contribution in [0, 0.1) is 0 Å². The first-order valence-corrected chi connectivity index (χ1v) is 11.7. The van der Waals surface area contributed by atoms with E-state index in [-0.39, 0.29) is 22.7 Å². The van der Waals surface area contributed by atoms with Gasteiger partial charge in [0.2, 0.25) is 0 Å². The van der Waals surface area contributed by atoms with Crippen molar-refractivity contribution in [1.82, 2.24) is 5.32 Å². The highest BCUT2D eigenvalue weighted by molar-refractivity contribution is 7.80. The second-order valence-electron chi connectivity index (χ2n) is 7.70. The Labute approximate surface area is 157 Å². The van der Waals surface area contributed by atoms with Crippen molar-refractivity contribution >= 4 is 31.6 Å². The highest BCUT2D eigenvalue weighted by Crippen LogP contribution is 2.37. The first-order chi connectivity index (χ1) is 11.4. The second kappa shape index (κ2) is 8.78. The van der Waals surface area contributed by atoms with Crippen molar-refractivity contribution in [2.75, 3.05) is 0 Å². The Morgan fingerprint density at radius 3 is 2.32 bits per heavy atom. The predicted octanol–water partition coefficient (Wildman–Crippen LogP) is 3.98. The van der Waals surface area contributed by atoms with E-state index in [9.17, 15) is 4.79 Å². The first kappa shape index (κ1) is 21.6. The summed E-state index contributed by atoms with van der Waals surface area (Å²) in [4.78, 5) is 12.3. The fraction of sp³-hybridized carbons (Fsp3) is 0.556. The summed E-state index contributed by atoms with van der Waals surface area (Å²) in [6, 6.07) is 9.13. The highest BCUT2D eigenvalue weighted by atomic mass is 32.1. The van der Waals surface area contributed by atoms with Crippen molar-refractivity contribution in [3.8, 4) is 0 Å². The predicted molar refractivity (Wildman–Crippen MR) is 108 cm³/mol. The number of thiocarbonyl (C=S) groups is 1. The molecule has 0 saturated heterocycles. The molecule has 0 bridgehead atoms. The maximum atomic E-state index is 12.1. The summed E-state index contributed by atoms with van der Waals surface area (Å²) in [5.74, 6) is 0. The molecule has 1 aromatic carbocycles. The third kappa shape index (κ3) is 6.76. The van der Waals surface area contributed by atoms with Crippen molar-refractivity contribution in [1.29, 1.82) is 0 Å². The van der Waals surface area contributed by atoms with E-state index >= 15 is 0 Å². The van der Waals surface area contributed by atoms with Gasteiger partial charge in [-0.2, -0.15) is 0 Å². The second-order valence-corrected chi connectivity index (χ2v) is 12.9. The quantitative estimate of drug-likeness (QED) is 0.551. The lowest BCUT2D eigenvalue weighted by Crippen LogP contribution is -2.55. The molecule has 0 heterocycles. The third-order valence-electron chi connectivity index (χ3n) is 4.52. The molecule has 5 nitrogen and oxygen atoms in total. The van der Waals surface area contributed by atoms with Gasteiger partial charge in [0.1, 0.15) is 17.7 Å². The number of hydrogen-bond donors (Lipinski definition) is 2. The van der Waals surface area contributed by atoms with Gasteiger partial charge < -0.3 is 20.2 Å². The van der Waals surface area contributed by atoms with Gasteiger partial charge in [0.15, 0.2) is 8.32 Å². The van der Waals surface area contributed by atoms with Crippen LogP contribution in [-0.4, -0.2) is 31.5 Å². The van der Waals surface area contributed by atoms with E-state index in [1.165, 1.54) is 0 Å². The van der Waals surface area contributed by atoms with Crippen LogP contribution in [-0.2, 0) is 15.8 Å². The van der Waals surface area contributed by atoms with E-state index in [1.807, 2.05) is 37.3 Å². The van der Waals surface area contributed by atoms with Gasteiger partial charge >= 0.3 is 6.09 Å². The molecule has 2 unspecified atom stereocenters. The summed E-state index contributed by atoms with van der Waals surface area (Å²) >= 11 is 5.16. The number of nitrogens with one attached hydrogen (secondary N) is 1. The molecule has 25 heavy (non-hydrogen) atoms. The zero-order valence-electron chi connectivity index (χ0n) is 16.0. The first-order valence-electron chi connectivity index (χ1n) is 8.38. The minimum absolute atomic E-state index is 0.0174. The summed E-state index contributed by atoms with van der Waals surface area (Å²) in [5.41, 5.74) is 6.79. The highest BCUT2D eigenvalue weighted by Gasteiger charge is 2.41. The van der Waals surface area contributed by atoms with E-state index in [1.54, 1.807) is 0 Å². The molecule has 0 aromatic heterocycles. The summed E-state index contributed by atoms with van der Waals surface area (Å²) in [6.07, 6.45) is -1.04. The average molecular weight is 383 g/mol. The molecular formula is C18H30N2O3SSi. The van der Waals surface area contributed by atoms with Crippen molar-refractivity contribution in [2.24, 2.45) is 5.73 Å². The molecule has 2 atom stereocenters. The average Bonchev–Trinajstić information content (AvgIpc) is 2.50. The molecule has 1 aromatic rings. The number of benzene rings is 1. The molecule has 0 aliphatic heterocycles. The van der Waals surface area contributed by atoms with Crippen LogP contribution in [0.2, 0.25) is 18.1 Å². The summed E-state index contributed by atoms with van der Waals surface area (Å²) in [7, 11) is -2.08.